The third-order valence-electron chi connectivity index (χ3n) is 2.71. The molecule has 134 valence electrons. The number of ether oxygens (including phenoxy) is 1. The maximum absolute atomic E-state index is 12.0. The third kappa shape index (κ3) is 6.16. The Kier molecular flexibility index (Phi) is 10.9. The Morgan fingerprint density at radius 2 is 1.76 bits per heavy atom. The van der Waals surface area contributed by atoms with Crippen LogP contribution >= 0.6 is 0 Å². The van der Waals surface area contributed by atoms with Gasteiger partial charge < -0.3 is 20.9 Å². The van der Waals surface area contributed by atoms with Crippen LogP contribution in [0.25, 0.3) is 0 Å². The fourth-order valence-electron chi connectivity index (χ4n) is 1.77. The van der Waals surface area contributed by atoms with Crippen molar-refractivity contribution in [2.24, 2.45) is 5.73 Å². The van der Waals surface area contributed by atoms with Gasteiger partial charge in [0.2, 0.25) is 0 Å². The zero-order valence-electron chi connectivity index (χ0n) is 15.0. The van der Waals surface area contributed by atoms with Crippen molar-refractivity contribution in [3.05, 3.63) is 53.6 Å². The topological polar surface area (TPSA) is 108 Å². The quantitative estimate of drug-likeness (QED) is 0.733. The van der Waals surface area contributed by atoms with E-state index >= 15 is 0 Å². The standard InChI is InChI=1S/C15H13N3O3.2C2H6/c16-8-10-6-7-12(19)13(15(20)18-9-17)14(10)21-11-4-2-1-3-5-11;2*1-2/h1-7,19H,9,17H2,(H,18,20);2*1-2H3. The highest BCUT2D eigenvalue weighted by molar-refractivity contribution is 6.00. The van der Waals surface area contributed by atoms with E-state index in [1.54, 1.807) is 24.3 Å². The number of hydrogen-bond acceptors (Lipinski definition) is 5. The van der Waals surface area contributed by atoms with Crippen LogP contribution in [0.3, 0.4) is 0 Å². The molecule has 0 radical (unpaired) electrons. The molecule has 0 aliphatic heterocycles. The molecule has 0 saturated heterocycles. The van der Waals surface area contributed by atoms with Crippen LogP contribution in [0.1, 0.15) is 43.6 Å². The Hall–Kier alpha value is -3.04. The molecule has 0 atom stereocenters. The summed E-state index contributed by atoms with van der Waals surface area (Å²) in [7, 11) is 0. The molecule has 0 fully saturated rings. The van der Waals surface area contributed by atoms with Crippen LogP contribution < -0.4 is 15.8 Å². The molecule has 0 aliphatic carbocycles. The van der Waals surface area contributed by atoms with Crippen LogP contribution in [-0.4, -0.2) is 17.7 Å². The molecular weight excluding hydrogens is 318 g/mol. The van der Waals surface area contributed by atoms with Crippen LogP contribution in [0.4, 0.5) is 0 Å². The number of phenolic OH excluding ortho intramolecular Hbond substituents is 1. The summed E-state index contributed by atoms with van der Waals surface area (Å²) >= 11 is 0. The van der Waals surface area contributed by atoms with E-state index in [9.17, 15) is 9.90 Å². The van der Waals surface area contributed by atoms with Crippen LogP contribution in [0, 0.1) is 11.3 Å². The third-order valence-corrected chi connectivity index (χ3v) is 2.71. The van der Waals surface area contributed by atoms with Crippen LogP contribution in [0.15, 0.2) is 42.5 Å². The van der Waals surface area contributed by atoms with Crippen LogP contribution in [0.5, 0.6) is 17.2 Å². The highest BCUT2D eigenvalue weighted by Crippen LogP contribution is 2.34. The first-order valence-corrected chi connectivity index (χ1v) is 8.14. The molecule has 6 heteroatoms. The number of nitriles is 1. The van der Waals surface area contributed by atoms with E-state index in [1.807, 2.05) is 39.8 Å². The summed E-state index contributed by atoms with van der Waals surface area (Å²) in [4.78, 5) is 12.0. The van der Waals surface area contributed by atoms with E-state index in [4.69, 9.17) is 15.7 Å². The Morgan fingerprint density at radius 1 is 1.16 bits per heavy atom. The van der Waals surface area contributed by atoms with E-state index in [2.05, 4.69) is 5.32 Å². The predicted octanol–water partition coefficient (Wildman–Crippen LogP) is 3.75. The summed E-state index contributed by atoms with van der Waals surface area (Å²) < 4.78 is 5.60. The molecule has 2 aromatic carbocycles. The number of amides is 1. The lowest BCUT2D eigenvalue weighted by atomic mass is 10.1. The molecule has 0 aromatic heterocycles. The van der Waals surface area contributed by atoms with Crippen molar-refractivity contribution in [2.45, 2.75) is 27.7 Å². The molecule has 2 aromatic rings. The average Bonchev–Trinajstić information content (AvgIpc) is 2.66. The Bertz CT molecular complexity index is 695. The van der Waals surface area contributed by atoms with Gasteiger partial charge in [-0.15, -0.1) is 0 Å². The lowest BCUT2D eigenvalue weighted by Gasteiger charge is -2.13. The number of aromatic hydroxyl groups is 1. The second kappa shape index (κ2) is 12.4. The zero-order chi connectivity index (χ0) is 19.2. The molecule has 0 aliphatic rings. The number of para-hydroxylation sites is 1. The van der Waals surface area contributed by atoms with Gasteiger partial charge in [-0.2, -0.15) is 5.26 Å². The monoisotopic (exact) mass is 343 g/mol. The number of rotatable bonds is 4. The van der Waals surface area contributed by atoms with Crippen molar-refractivity contribution in [1.82, 2.24) is 5.32 Å². The largest absolute Gasteiger partial charge is 0.507 e. The van der Waals surface area contributed by atoms with E-state index in [-0.39, 0.29) is 29.3 Å². The summed E-state index contributed by atoms with van der Waals surface area (Å²) in [6, 6.07) is 13.2. The van der Waals surface area contributed by atoms with Gasteiger partial charge in [-0.05, 0) is 24.3 Å². The first-order chi connectivity index (χ1) is 12.2. The highest BCUT2D eigenvalue weighted by atomic mass is 16.5. The molecule has 0 bridgehead atoms. The molecule has 0 spiro atoms. The Labute approximate surface area is 148 Å². The molecule has 2 rings (SSSR count). The maximum Gasteiger partial charge on any atom is 0.259 e. The maximum atomic E-state index is 12.0. The van der Waals surface area contributed by atoms with Gasteiger partial charge in [0.1, 0.15) is 23.1 Å². The number of carbonyl (C=O) groups is 1. The SMILES string of the molecule is CC.CC.N#Cc1ccc(O)c(C(=O)NCN)c1Oc1ccccc1. The summed E-state index contributed by atoms with van der Waals surface area (Å²) in [6.07, 6.45) is 0. The molecule has 6 nitrogen and oxygen atoms in total. The van der Waals surface area contributed by atoms with Gasteiger partial charge in [-0.1, -0.05) is 45.9 Å². The van der Waals surface area contributed by atoms with Gasteiger partial charge in [-0.3, -0.25) is 4.79 Å². The normalized spacial score (nSPS) is 8.64. The van der Waals surface area contributed by atoms with Crippen molar-refractivity contribution in [2.75, 3.05) is 6.67 Å². The van der Waals surface area contributed by atoms with E-state index in [0.29, 0.717) is 5.75 Å². The number of carbonyl (C=O) groups excluding carboxylic acids is 1. The summed E-state index contributed by atoms with van der Waals surface area (Å²) in [6.45, 7) is 7.90. The van der Waals surface area contributed by atoms with E-state index in [1.165, 1.54) is 12.1 Å². The van der Waals surface area contributed by atoms with Crippen LogP contribution in [-0.2, 0) is 0 Å². The van der Waals surface area contributed by atoms with E-state index < -0.39 is 5.91 Å². The van der Waals surface area contributed by atoms with Crippen molar-refractivity contribution >= 4 is 5.91 Å². The van der Waals surface area contributed by atoms with E-state index in [0.717, 1.165) is 0 Å². The first kappa shape index (κ1) is 22.0. The fourth-order valence-corrected chi connectivity index (χ4v) is 1.77. The number of nitrogens with two attached hydrogens (primary N) is 1. The lowest BCUT2D eigenvalue weighted by Crippen LogP contribution is -2.29. The van der Waals surface area contributed by atoms with Crippen LogP contribution in [0.2, 0.25) is 0 Å². The van der Waals surface area contributed by atoms with Gasteiger partial charge in [0, 0.05) is 0 Å². The molecular formula is C19H25N3O3. The zero-order valence-corrected chi connectivity index (χ0v) is 15.0. The minimum atomic E-state index is -0.613. The Balaban J connectivity index is 0.00000134. The summed E-state index contributed by atoms with van der Waals surface area (Å²) in [5.41, 5.74) is 5.29. The molecule has 0 saturated carbocycles. The van der Waals surface area contributed by atoms with Crippen molar-refractivity contribution in [1.29, 1.82) is 5.26 Å². The highest BCUT2D eigenvalue weighted by Gasteiger charge is 2.21. The van der Waals surface area contributed by atoms with Gasteiger partial charge in [0.25, 0.3) is 5.91 Å². The molecule has 25 heavy (non-hydrogen) atoms. The molecule has 0 heterocycles. The summed E-state index contributed by atoms with van der Waals surface area (Å²) in [5, 5.41) is 21.4. The predicted molar refractivity (Wildman–Crippen MR) is 98.6 cm³/mol. The van der Waals surface area contributed by atoms with Gasteiger partial charge in [0.15, 0.2) is 5.75 Å². The minimum absolute atomic E-state index is 0.00495. The van der Waals surface area contributed by atoms with Gasteiger partial charge in [-0.25, -0.2) is 0 Å². The van der Waals surface area contributed by atoms with Crippen molar-refractivity contribution in [3.63, 3.8) is 0 Å². The average molecular weight is 343 g/mol. The molecule has 0 unspecified atom stereocenters. The fraction of sp³-hybridized carbons (Fsp3) is 0.263. The van der Waals surface area contributed by atoms with Crippen molar-refractivity contribution < 1.29 is 14.6 Å². The van der Waals surface area contributed by atoms with Crippen molar-refractivity contribution in [3.8, 4) is 23.3 Å². The molecule has 4 N–H and O–H groups in total. The second-order valence-electron chi connectivity index (χ2n) is 4.07. The number of hydrogen-bond donors (Lipinski definition) is 3. The Morgan fingerprint density at radius 3 is 2.28 bits per heavy atom. The molecule has 1 amide bonds. The number of nitrogens with zero attached hydrogens (tertiary/aromatic N) is 1. The van der Waals surface area contributed by atoms with Gasteiger partial charge >= 0.3 is 0 Å². The number of phenols is 1. The first-order valence-electron chi connectivity index (χ1n) is 8.14. The number of benzene rings is 2. The van der Waals surface area contributed by atoms with Gasteiger partial charge in [0.05, 0.1) is 12.2 Å². The number of nitrogens with one attached hydrogen (secondary N) is 1. The lowest BCUT2D eigenvalue weighted by molar-refractivity contribution is 0.0949. The smallest absolute Gasteiger partial charge is 0.259 e. The minimum Gasteiger partial charge on any atom is -0.507 e. The second-order valence-corrected chi connectivity index (χ2v) is 4.07. The summed E-state index contributed by atoms with van der Waals surface area (Å²) in [5.74, 6) is -0.458.